The highest BCUT2D eigenvalue weighted by Crippen LogP contribution is 2.15. The van der Waals surface area contributed by atoms with Gasteiger partial charge in [-0.1, -0.05) is 12.1 Å². The van der Waals surface area contributed by atoms with Gasteiger partial charge in [0.25, 0.3) is 0 Å². The number of rotatable bonds is 9. The van der Waals surface area contributed by atoms with Crippen LogP contribution in [0.4, 0.5) is 0 Å². The highest BCUT2D eigenvalue weighted by atomic mass is 16.5. The molecule has 158 valence electrons. The van der Waals surface area contributed by atoms with Crippen molar-refractivity contribution in [3.63, 3.8) is 0 Å². The maximum Gasteiger partial charge on any atom is 0.191 e. The molecule has 2 aromatic rings. The second-order valence-corrected chi connectivity index (χ2v) is 7.03. The highest BCUT2D eigenvalue weighted by molar-refractivity contribution is 5.80. The van der Waals surface area contributed by atoms with Gasteiger partial charge < -0.3 is 20.1 Å². The minimum atomic E-state index is 0.277. The molecule has 0 saturated heterocycles. The third-order valence-corrected chi connectivity index (χ3v) is 4.74. The monoisotopic (exact) mass is 400 g/mol. The van der Waals surface area contributed by atoms with Gasteiger partial charge in [0.1, 0.15) is 18.2 Å². The Morgan fingerprint density at radius 2 is 2.24 bits per heavy atom. The Morgan fingerprint density at radius 1 is 1.34 bits per heavy atom. The Labute approximate surface area is 172 Å². The quantitative estimate of drug-likeness (QED) is 0.494. The summed E-state index contributed by atoms with van der Waals surface area (Å²) in [5.41, 5.74) is 1.23. The molecular weight excluding hydrogens is 368 g/mol. The van der Waals surface area contributed by atoms with Crippen LogP contribution in [0.3, 0.4) is 0 Å². The zero-order chi connectivity index (χ0) is 20.5. The molecule has 0 radical (unpaired) electrons. The summed E-state index contributed by atoms with van der Waals surface area (Å²) in [6, 6.07) is 8.50. The highest BCUT2D eigenvalue weighted by Gasteiger charge is 2.22. The number of nitrogens with zero attached hydrogens (tertiary/aromatic N) is 4. The molecule has 1 aliphatic rings. The summed E-state index contributed by atoms with van der Waals surface area (Å²) in [5, 5.41) is 11.4. The van der Waals surface area contributed by atoms with E-state index < -0.39 is 0 Å². The van der Waals surface area contributed by atoms with Gasteiger partial charge in [-0.3, -0.25) is 4.99 Å². The van der Waals surface area contributed by atoms with Crippen molar-refractivity contribution in [2.75, 3.05) is 26.8 Å². The first-order valence-corrected chi connectivity index (χ1v) is 10.4. The standard InChI is InChI=1S/C21H32N6O2/c1-4-22-21(23-12-11-16-7-6-8-18(13-16)29-5-2)24-17-9-10-20-25-19(15-28-3)26-27(20)14-17/h6-8,13,17H,4-5,9-12,14-15H2,1-3H3,(H2,22,23,24). The Morgan fingerprint density at radius 3 is 3.03 bits per heavy atom. The van der Waals surface area contributed by atoms with Crippen molar-refractivity contribution >= 4 is 5.96 Å². The van der Waals surface area contributed by atoms with Crippen LogP contribution in [0, 0.1) is 0 Å². The smallest absolute Gasteiger partial charge is 0.191 e. The van der Waals surface area contributed by atoms with Gasteiger partial charge in [-0.05, 0) is 44.4 Å². The zero-order valence-electron chi connectivity index (χ0n) is 17.6. The molecule has 8 nitrogen and oxygen atoms in total. The molecule has 0 amide bonds. The fraction of sp³-hybridized carbons (Fsp3) is 0.571. The van der Waals surface area contributed by atoms with Crippen LogP contribution >= 0.6 is 0 Å². The fourth-order valence-electron chi connectivity index (χ4n) is 3.44. The lowest BCUT2D eigenvalue weighted by Gasteiger charge is -2.25. The van der Waals surface area contributed by atoms with Gasteiger partial charge >= 0.3 is 0 Å². The lowest BCUT2D eigenvalue weighted by Crippen LogP contribution is -2.47. The lowest BCUT2D eigenvalue weighted by atomic mass is 10.1. The van der Waals surface area contributed by atoms with Gasteiger partial charge in [0.05, 0.1) is 13.2 Å². The predicted molar refractivity (Wildman–Crippen MR) is 113 cm³/mol. The zero-order valence-corrected chi connectivity index (χ0v) is 17.6. The number of benzene rings is 1. The Bertz CT molecular complexity index is 804. The molecule has 0 bridgehead atoms. The van der Waals surface area contributed by atoms with Crippen molar-refractivity contribution in [2.45, 2.75) is 52.3 Å². The van der Waals surface area contributed by atoms with Gasteiger partial charge in [-0.2, -0.15) is 5.10 Å². The number of ether oxygens (including phenoxy) is 2. The van der Waals surface area contributed by atoms with Crippen molar-refractivity contribution in [3.05, 3.63) is 41.5 Å². The van der Waals surface area contributed by atoms with Crippen LogP contribution in [-0.2, 0) is 30.7 Å². The topological polar surface area (TPSA) is 85.6 Å². The van der Waals surface area contributed by atoms with Crippen LogP contribution in [-0.4, -0.2) is 53.6 Å². The second kappa shape index (κ2) is 10.8. The molecule has 1 atom stereocenters. The summed E-state index contributed by atoms with van der Waals surface area (Å²) in [5.74, 6) is 3.54. The molecule has 0 aliphatic carbocycles. The fourth-order valence-corrected chi connectivity index (χ4v) is 3.44. The molecule has 1 aromatic carbocycles. The molecule has 29 heavy (non-hydrogen) atoms. The number of aliphatic imine (C=N–C) groups is 1. The van der Waals surface area contributed by atoms with Crippen LogP contribution in [0.5, 0.6) is 5.75 Å². The number of aryl methyl sites for hydroxylation is 1. The average molecular weight is 401 g/mol. The predicted octanol–water partition coefficient (Wildman–Crippen LogP) is 1.94. The summed E-state index contributed by atoms with van der Waals surface area (Å²) < 4.78 is 12.7. The van der Waals surface area contributed by atoms with Crippen LogP contribution in [0.15, 0.2) is 29.3 Å². The second-order valence-electron chi connectivity index (χ2n) is 7.03. The molecular formula is C21H32N6O2. The number of methoxy groups -OCH3 is 1. The van der Waals surface area contributed by atoms with Crippen LogP contribution in [0.25, 0.3) is 0 Å². The molecule has 0 saturated carbocycles. The van der Waals surface area contributed by atoms with Crippen molar-refractivity contribution < 1.29 is 9.47 Å². The summed E-state index contributed by atoms with van der Waals surface area (Å²) in [4.78, 5) is 9.29. The van der Waals surface area contributed by atoms with Gasteiger partial charge in [0, 0.05) is 32.7 Å². The molecule has 1 aromatic heterocycles. The minimum Gasteiger partial charge on any atom is -0.494 e. The number of fused-ring (bicyclic) bond motifs is 1. The molecule has 1 aliphatic heterocycles. The average Bonchev–Trinajstić information content (AvgIpc) is 3.11. The summed E-state index contributed by atoms with van der Waals surface area (Å²) in [6.07, 6.45) is 2.78. The van der Waals surface area contributed by atoms with Gasteiger partial charge in [-0.15, -0.1) is 0 Å². The number of nitrogens with one attached hydrogen (secondary N) is 2. The van der Waals surface area contributed by atoms with Gasteiger partial charge in [0.15, 0.2) is 11.8 Å². The molecule has 1 unspecified atom stereocenters. The van der Waals surface area contributed by atoms with E-state index in [1.807, 2.05) is 23.7 Å². The summed E-state index contributed by atoms with van der Waals surface area (Å²) >= 11 is 0. The van der Waals surface area contributed by atoms with E-state index in [4.69, 9.17) is 14.5 Å². The molecule has 3 rings (SSSR count). The Hall–Kier alpha value is -2.61. The largest absolute Gasteiger partial charge is 0.494 e. The molecule has 2 N–H and O–H groups in total. The SMILES string of the molecule is CCNC(=NCCc1cccc(OCC)c1)NC1CCc2nc(COC)nn2C1. The van der Waals surface area contributed by atoms with E-state index in [1.54, 1.807) is 7.11 Å². The third-order valence-electron chi connectivity index (χ3n) is 4.74. The van der Waals surface area contributed by atoms with Crippen LogP contribution in [0.2, 0.25) is 0 Å². The first-order chi connectivity index (χ1) is 14.2. The van der Waals surface area contributed by atoms with Crippen molar-refractivity contribution in [1.82, 2.24) is 25.4 Å². The Kier molecular flexibility index (Phi) is 7.86. The Balaban J connectivity index is 1.56. The maximum absolute atomic E-state index is 5.58. The first kappa shape index (κ1) is 21.1. The van der Waals surface area contributed by atoms with Gasteiger partial charge in [0.2, 0.25) is 0 Å². The van der Waals surface area contributed by atoms with E-state index >= 15 is 0 Å². The number of hydrogen-bond acceptors (Lipinski definition) is 5. The third kappa shape index (κ3) is 6.19. The first-order valence-electron chi connectivity index (χ1n) is 10.4. The number of guanidine groups is 1. The normalized spacial score (nSPS) is 16.4. The van der Waals surface area contributed by atoms with E-state index in [0.29, 0.717) is 19.8 Å². The van der Waals surface area contributed by atoms with E-state index in [2.05, 4.69) is 39.8 Å². The van der Waals surface area contributed by atoms with Crippen LogP contribution < -0.4 is 15.4 Å². The molecule has 0 spiro atoms. The van der Waals surface area contributed by atoms with Gasteiger partial charge in [-0.25, -0.2) is 9.67 Å². The maximum atomic E-state index is 5.58. The number of hydrogen-bond donors (Lipinski definition) is 2. The molecule has 2 heterocycles. The van der Waals surface area contributed by atoms with E-state index in [1.165, 1.54) is 5.56 Å². The van der Waals surface area contributed by atoms with E-state index in [9.17, 15) is 0 Å². The molecule has 0 fully saturated rings. The van der Waals surface area contributed by atoms with Crippen molar-refractivity contribution in [1.29, 1.82) is 0 Å². The summed E-state index contributed by atoms with van der Waals surface area (Å²) in [7, 11) is 1.66. The van der Waals surface area contributed by atoms with E-state index in [0.717, 1.165) is 55.7 Å². The number of aromatic nitrogens is 3. The molecule has 8 heteroatoms. The van der Waals surface area contributed by atoms with Crippen molar-refractivity contribution in [2.24, 2.45) is 4.99 Å². The lowest BCUT2D eigenvalue weighted by molar-refractivity contribution is 0.177. The van der Waals surface area contributed by atoms with Crippen LogP contribution in [0.1, 0.15) is 37.5 Å². The summed E-state index contributed by atoms with van der Waals surface area (Å²) in [6.45, 7) is 7.53. The minimum absolute atomic E-state index is 0.277. The van der Waals surface area contributed by atoms with Crippen molar-refractivity contribution in [3.8, 4) is 5.75 Å². The van der Waals surface area contributed by atoms with E-state index in [-0.39, 0.29) is 6.04 Å².